The van der Waals surface area contributed by atoms with Crippen LogP contribution >= 0.6 is 23.2 Å². The molecule has 2 rings (SSSR count). The molecule has 0 heterocycles. The van der Waals surface area contributed by atoms with Crippen molar-refractivity contribution in [3.05, 3.63) is 69.7 Å². The average molecular weight is 408 g/mol. The van der Waals surface area contributed by atoms with E-state index in [9.17, 15) is 14.4 Å². The summed E-state index contributed by atoms with van der Waals surface area (Å²) >= 11 is 12.0. The summed E-state index contributed by atoms with van der Waals surface area (Å²) in [5.41, 5.74) is 1.24. The zero-order chi connectivity index (χ0) is 19.8. The van der Waals surface area contributed by atoms with Crippen LogP contribution in [-0.4, -0.2) is 24.3 Å². The van der Waals surface area contributed by atoms with Gasteiger partial charge < -0.3 is 10.1 Å². The summed E-state index contributed by atoms with van der Waals surface area (Å²) in [7, 11) is 0. The summed E-state index contributed by atoms with van der Waals surface area (Å²) in [5.74, 6) is -1.22. The van der Waals surface area contributed by atoms with Gasteiger partial charge in [-0.2, -0.15) is 0 Å². The van der Waals surface area contributed by atoms with Crippen LogP contribution in [0.2, 0.25) is 10.0 Å². The van der Waals surface area contributed by atoms with E-state index in [2.05, 4.69) is 5.32 Å². The molecule has 27 heavy (non-hydrogen) atoms. The van der Waals surface area contributed by atoms with Crippen molar-refractivity contribution in [2.24, 2.45) is 0 Å². The SMILES string of the molecule is CC(NC(=O)COC(=O)CCC(=O)c1ccccc1)c1ccc(Cl)cc1Cl. The van der Waals surface area contributed by atoms with Crippen molar-refractivity contribution in [1.29, 1.82) is 0 Å². The molecule has 0 aromatic heterocycles. The van der Waals surface area contributed by atoms with Gasteiger partial charge in [0.25, 0.3) is 5.91 Å². The molecule has 1 amide bonds. The highest BCUT2D eigenvalue weighted by atomic mass is 35.5. The predicted molar refractivity (Wildman–Crippen MR) is 104 cm³/mol. The van der Waals surface area contributed by atoms with Gasteiger partial charge in [-0.3, -0.25) is 14.4 Å². The van der Waals surface area contributed by atoms with Crippen LogP contribution < -0.4 is 5.32 Å². The first-order chi connectivity index (χ1) is 12.9. The third kappa shape index (κ3) is 6.70. The van der Waals surface area contributed by atoms with Crippen LogP contribution in [0.25, 0.3) is 0 Å². The number of carbonyl (C=O) groups is 3. The molecule has 1 N–H and O–H groups in total. The molecule has 142 valence electrons. The number of amides is 1. The van der Waals surface area contributed by atoms with Crippen molar-refractivity contribution in [2.45, 2.75) is 25.8 Å². The van der Waals surface area contributed by atoms with Crippen molar-refractivity contribution in [2.75, 3.05) is 6.61 Å². The molecule has 5 nitrogen and oxygen atoms in total. The number of benzene rings is 2. The summed E-state index contributed by atoms with van der Waals surface area (Å²) in [4.78, 5) is 35.6. The van der Waals surface area contributed by atoms with E-state index in [4.69, 9.17) is 27.9 Å². The van der Waals surface area contributed by atoms with E-state index in [0.717, 1.165) is 0 Å². The summed E-state index contributed by atoms with van der Waals surface area (Å²) in [6.45, 7) is 1.33. The second-order valence-corrected chi connectivity index (χ2v) is 6.75. The molecule has 0 spiro atoms. The lowest BCUT2D eigenvalue weighted by Gasteiger charge is -2.16. The number of esters is 1. The van der Waals surface area contributed by atoms with Gasteiger partial charge in [-0.25, -0.2) is 0 Å². The summed E-state index contributed by atoms with van der Waals surface area (Å²) in [6.07, 6.45) is -0.0547. The molecular formula is C20H19Cl2NO4. The summed E-state index contributed by atoms with van der Waals surface area (Å²) < 4.78 is 4.92. The van der Waals surface area contributed by atoms with Crippen LogP contribution in [0.3, 0.4) is 0 Å². The Morgan fingerprint density at radius 3 is 2.41 bits per heavy atom. The molecule has 2 aromatic rings. The van der Waals surface area contributed by atoms with E-state index in [-0.39, 0.29) is 24.7 Å². The molecule has 0 aliphatic rings. The molecule has 0 saturated heterocycles. The van der Waals surface area contributed by atoms with Gasteiger partial charge in [0.05, 0.1) is 12.5 Å². The quantitative estimate of drug-likeness (QED) is 0.520. The molecule has 7 heteroatoms. The van der Waals surface area contributed by atoms with Crippen molar-refractivity contribution < 1.29 is 19.1 Å². The molecular weight excluding hydrogens is 389 g/mol. The van der Waals surface area contributed by atoms with E-state index in [0.29, 0.717) is 21.2 Å². The highest BCUT2D eigenvalue weighted by Crippen LogP contribution is 2.25. The Morgan fingerprint density at radius 2 is 1.74 bits per heavy atom. The number of hydrogen-bond donors (Lipinski definition) is 1. The van der Waals surface area contributed by atoms with E-state index in [1.807, 2.05) is 6.07 Å². The molecule has 0 bridgehead atoms. The van der Waals surface area contributed by atoms with Crippen molar-refractivity contribution in [1.82, 2.24) is 5.32 Å². The standard InChI is InChI=1S/C20H19Cl2NO4/c1-13(16-8-7-15(21)11-17(16)22)23-19(25)12-27-20(26)10-9-18(24)14-5-3-2-4-6-14/h2-8,11,13H,9-10,12H2,1H3,(H,23,25). The fourth-order valence-electron chi connectivity index (χ4n) is 2.42. The molecule has 0 aliphatic carbocycles. The minimum atomic E-state index is -0.605. The van der Waals surface area contributed by atoms with Gasteiger partial charge in [0, 0.05) is 22.0 Å². The smallest absolute Gasteiger partial charge is 0.306 e. The average Bonchev–Trinajstić information content (AvgIpc) is 2.65. The minimum absolute atomic E-state index is 0.0290. The zero-order valence-electron chi connectivity index (χ0n) is 14.7. The zero-order valence-corrected chi connectivity index (χ0v) is 16.2. The first kappa shape index (κ1) is 20.9. The number of nitrogens with one attached hydrogen (secondary N) is 1. The number of Topliss-reactive ketones (excluding diaryl/α,β-unsaturated/α-hetero) is 1. The lowest BCUT2D eigenvalue weighted by molar-refractivity contribution is -0.148. The highest BCUT2D eigenvalue weighted by molar-refractivity contribution is 6.35. The van der Waals surface area contributed by atoms with Crippen LogP contribution in [0, 0.1) is 0 Å². The summed E-state index contributed by atoms with van der Waals surface area (Å²) in [6, 6.07) is 13.3. The number of halogens is 2. The molecule has 0 radical (unpaired) electrons. The normalized spacial score (nSPS) is 11.5. The Balaban J connectivity index is 1.74. The second-order valence-electron chi connectivity index (χ2n) is 5.90. The van der Waals surface area contributed by atoms with E-state index >= 15 is 0 Å². The third-order valence-electron chi connectivity index (χ3n) is 3.82. The Bertz CT molecular complexity index is 824. The maximum absolute atomic E-state index is 11.9. The lowest BCUT2D eigenvalue weighted by Crippen LogP contribution is -2.31. The Labute approximate surface area is 167 Å². The molecule has 0 fully saturated rings. The van der Waals surface area contributed by atoms with E-state index in [1.54, 1.807) is 49.4 Å². The van der Waals surface area contributed by atoms with Gasteiger partial charge in [0.15, 0.2) is 12.4 Å². The van der Waals surface area contributed by atoms with Gasteiger partial charge in [0.2, 0.25) is 0 Å². The van der Waals surface area contributed by atoms with Gasteiger partial charge >= 0.3 is 5.97 Å². The largest absolute Gasteiger partial charge is 0.456 e. The Hall–Kier alpha value is -2.37. The highest BCUT2D eigenvalue weighted by Gasteiger charge is 2.15. The Kier molecular flexibility index (Phi) is 7.82. The molecule has 1 atom stereocenters. The monoisotopic (exact) mass is 407 g/mol. The van der Waals surface area contributed by atoms with Crippen molar-refractivity contribution >= 4 is 40.9 Å². The summed E-state index contributed by atoms with van der Waals surface area (Å²) in [5, 5.41) is 3.63. The number of ether oxygens (including phenoxy) is 1. The maximum atomic E-state index is 11.9. The third-order valence-corrected chi connectivity index (χ3v) is 4.39. The number of rotatable bonds is 8. The van der Waals surface area contributed by atoms with Gasteiger partial charge in [-0.15, -0.1) is 0 Å². The van der Waals surface area contributed by atoms with Crippen molar-refractivity contribution in [3.63, 3.8) is 0 Å². The van der Waals surface area contributed by atoms with Gasteiger partial charge in [-0.05, 0) is 24.6 Å². The Morgan fingerprint density at radius 1 is 1.04 bits per heavy atom. The number of ketones is 1. The van der Waals surface area contributed by atoms with Gasteiger partial charge in [0.1, 0.15) is 0 Å². The van der Waals surface area contributed by atoms with E-state index in [1.165, 1.54) is 0 Å². The second kappa shape index (κ2) is 10.1. The van der Waals surface area contributed by atoms with Crippen LogP contribution in [0.4, 0.5) is 0 Å². The first-order valence-corrected chi connectivity index (χ1v) is 9.10. The fraction of sp³-hybridized carbons (Fsp3) is 0.250. The van der Waals surface area contributed by atoms with Crippen molar-refractivity contribution in [3.8, 4) is 0 Å². The van der Waals surface area contributed by atoms with Gasteiger partial charge in [-0.1, -0.05) is 59.6 Å². The maximum Gasteiger partial charge on any atom is 0.306 e. The fourth-order valence-corrected chi connectivity index (χ4v) is 2.99. The first-order valence-electron chi connectivity index (χ1n) is 8.35. The van der Waals surface area contributed by atoms with Crippen LogP contribution in [-0.2, 0) is 14.3 Å². The molecule has 0 saturated carbocycles. The molecule has 1 unspecified atom stereocenters. The minimum Gasteiger partial charge on any atom is -0.456 e. The lowest BCUT2D eigenvalue weighted by atomic mass is 10.1. The van der Waals surface area contributed by atoms with Crippen LogP contribution in [0.5, 0.6) is 0 Å². The van der Waals surface area contributed by atoms with E-state index < -0.39 is 18.5 Å². The predicted octanol–water partition coefficient (Wildman–Crippen LogP) is 4.38. The number of hydrogen-bond acceptors (Lipinski definition) is 4. The molecule has 0 aliphatic heterocycles. The van der Waals surface area contributed by atoms with Crippen LogP contribution in [0.1, 0.15) is 41.7 Å². The van der Waals surface area contributed by atoms with Crippen LogP contribution in [0.15, 0.2) is 48.5 Å². The topological polar surface area (TPSA) is 72.5 Å². The molecule has 2 aromatic carbocycles. The number of carbonyl (C=O) groups excluding carboxylic acids is 3.